The van der Waals surface area contributed by atoms with Crippen LogP contribution < -0.4 is 0 Å². The fraction of sp³-hybridized carbons (Fsp3) is 0.375. The molecule has 1 aromatic carbocycles. The third-order valence-corrected chi connectivity index (χ3v) is 3.75. The largest absolute Gasteiger partial charge is 0.468 e. The Morgan fingerprint density at radius 1 is 1.10 bits per heavy atom. The second-order valence-corrected chi connectivity index (χ2v) is 4.82. The average molecular weight is 274 g/mol. The molecule has 0 amide bonds. The second-order valence-electron chi connectivity index (χ2n) is 4.82. The Hall–Kier alpha value is -2.10. The van der Waals surface area contributed by atoms with Gasteiger partial charge in [0, 0.05) is 0 Å². The number of carbonyl (C=O) groups excluding carboxylic acids is 2. The summed E-state index contributed by atoms with van der Waals surface area (Å²) in [6.45, 7) is 0. The molecule has 4 heteroatoms. The third-order valence-electron chi connectivity index (χ3n) is 3.75. The van der Waals surface area contributed by atoms with Gasteiger partial charge in [0.2, 0.25) is 0 Å². The van der Waals surface area contributed by atoms with Crippen molar-refractivity contribution in [2.45, 2.75) is 19.3 Å². The van der Waals surface area contributed by atoms with Gasteiger partial charge in [-0.2, -0.15) is 0 Å². The molecular formula is C16H18O4. The van der Waals surface area contributed by atoms with Crippen LogP contribution in [0, 0.1) is 5.41 Å². The van der Waals surface area contributed by atoms with E-state index in [1.807, 2.05) is 36.4 Å². The first kappa shape index (κ1) is 14.3. The van der Waals surface area contributed by atoms with Crippen molar-refractivity contribution in [2.75, 3.05) is 14.2 Å². The average Bonchev–Trinajstić information content (AvgIpc) is 2.91. The monoisotopic (exact) mass is 274 g/mol. The quantitative estimate of drug-likeness (QED) is 0.628. The summed E-state index contributed by atoms with van der Waals surface area (Å²) in [5, 5.41) is 0. The van der Waals surface area contributed by atoms with Crippen LogP contribution in [0.1, 0.15) is 24.8 Å². The molecule has 1 saturated carbocycles. The topological polar surface area (TPSA) is 52.6 Å². The molecule has 0 aromatic heterocycles. The molecule has 1 fully saturated rings. The van der Waals surface area contributed by atoms with Crippen molar-refractivity contribution < 1.29 is 19.1 Å². The van der Waals surface area contributed by atoms with E-state index < -0.39 is 17.4 Å². The van der Waals surface area contributed by atoms with Crippen molar-refractivity contribution in [1.29, 1.82) is 0 Å². The van der Waals surface area contributed by atoms with E-state index in [2.05, 4.69) is 0 Å². The van der Waals surface area contributed by atoms with Crippen molar-refractivity contribution >= 4 is 18.0 Å². The molecule has 0 saturated heterocycles. The van der Waals surface area contributed by atoms with Crippen LogP contribution in [-0.2, 0) is 19.1 Å². The summed E-state index contributed by atoms with van der Waals surface area (Å²) in [6, 6.07) is 9.62. The molecule has 0 N–H and O–H groups in total. The molecule has 0 aliphatic heterocycles. The van der Waals surface area contributed by atoms with Gasteiger partial charge in [-0.3, -0.25) is 9.59 Å². The fourth-order valence-corrected chi connectivity index (χ4v) is 2.76. The first-order valence-corrected chi connectivity index (χ1v) is 6.58. The molecule has 0 atom stereocenters. The van der Waals surface area contributed by atoms with Gasteiger partial charge in [-0.05, 0) is 30.4 Å². The molecule has 0 unspecified atom stereocenters. The van der Waals surface area contributed by atoms with Crippen LogP contribution in [-0.4, -0.2) is 26.2 Å². The van der Waals surface area contributed by atoms with Crippen molar-refractivity contribution in [2.24, 2.45) is 5.41 Å². The van der Waals surface area contributed by atoms with Gasteiger partial charge < -0.3 is 9.47 Å². The lowest BCUT2D eigenvalue weighted by molar-refractivity contribution is -0.165. The predicted molar refractivity (Wildman–Crippen MR) is 74.7 cm³/mol. The lowest BCUT2D eigenvalue weighted by Gasteiger charge is -2.24. The van der Waals surface area contributed by atoms with E-state index in [-0.39, 0.29) is 0 Å². The van der Waals surface area contributed by atoms with Crippen LogP contribution >= 0.6 is 0 Å². The molecular weight excluding hydrogens is 256 g/mol. The minimum Gasteiger partial charge on any atom is -0.468 e. The van der Waals surface area contributed by atoms with Crippen LogP contribution in [0.2, 0.25) is 0 Å². The lowest BCUT2D eigenvalue weighted by Crippen LogP contribution is -2.40. The highest BCUT2D eigenvalue weighted by atomic mass is 16.5. The van der Waals surface area contributed by atoms with E-state index in [4.69, 9.17) is 9.47 Å². The number of esters is 2. The van der Waals surface area contributed by atoms with Crippen molar-refractivity contribution in [3.05, 3.63) is 41.5 Å². The minimum atomic E-state index is -1.28. The summed E-state index contributed by atoms with van der Waals surface area (Å²) >= 11 is 0. The van der Waals surface area contributed by atoms with Gasteiger partial charge in [0.05, 0.1) is 14.2 Å². The Morgan fingerprint density at radius 2 is 1.70 bits per heavy atom. The first-order chi connectivity index (χ1) is 9.65. The number of carbonyl (C=O) groups is 2. The summed E-state index contributed by atoms with van der Waals surface area (Å²) in [7, 11) is 2.59. The summed E-state index contributed by atoms with van der Waals surface area (Å²) < 4.78 is 9.70. The Morgan fingerprint density at radius 3 is 2.25 bits per heavy atom. The zero-order valence-corrected chi connectivity index (χ0v) is 11.7. The van der Waals surface area contributed by atoms with Crippen LogP contribution in [0.5, 0.6) is 0 Å². The van der Waals surface area contributed by atoms with Crippen LogP contribution in [0.15, 0.2) is 35.9 Å². The van der Waals surface area contributed by atoms with E-state index in [9.17, 15) is 9.59 Å². The molecule has 106 valence electrons. The molecule has 0 spiro atoms. The third kappa shape index (κ3) is 2.33. The molecule has 1 aromatic rings. The number of hydrogen-bond donors (Lipinski definition) is 0. The van der Waals surface area contributed by atoms with Crippen LogP contribution in [0.4, 0.5) is 0 Å². The Kier molecular flexibility index (Phi) is 4.23. The van der Waals surface area contributed by atoms with Gasteiger partial charge in [0.15, 0.2) is 5.41 Å². The lowest BCUT2D eigenvalue weighted by atomic mass is 9.81. The summed E-state index contributed by atoms with van der Waals surface area (Å²) in [4.78, 5) is 24.3. The molecule has 0 radical (unpaired) electrons. The Balaban J connectivity index is 2.48. The van der Waals surface area contributed by atoms with E-state index in [0.717, 1.165) is 17.6 Å². The maximum Gasteiger partial charge on any atom is 0.327 e. The second kappa shape index (κ2) is 5.90. The highest BCUT2D eigenvalue weighted by Crippen LogP contribution is 2.45. The molecule has 0 bridgehead atoms. The minimum absolute atomic E-state index is 0.436. The first-order valence-electron chi connectivity index (χ1n) is 6.58. The van der Waals surface area contributed by atoms with Gasteiger partial charge in [-0.15, -0.1) is 0 Å². The van der Waals surface area contributed by atoms with Crippen molar-refractivity contribution in [1.82, 2.24) is 0 Å². The smallest absolute Gasteiger partial charge is 0.327 e. The van der Waals surface area contributed by atoms with Crippen molar-refractivity contribution in [3.8, 4) is 0 Å². The number of ether oxygens (including phenoxy) is 2. The molecule has 1 aliphatic rings. The van der Waals surface area contributed by atoms with E-state index in [0.29, 0.717) is 12.8 Å². The van der Waals surface area contributed by atoms with E-state index in [1.54, 1.807) is 0 Å². The highest BCUT2D eigenvalue weighted by molar-refractivity contribution is 6.05. The van der Waals surface area contributed by atoms with E-state index >= 15 is 0 Å². The zero-order valence-electron chi connectivity index (χ0n) is 11.7. The van der Waals surface area contributed by atoms with Gasteiger partial charge in [0.25, 0.3) is 0 Å². The summed E-state index contributed by atoms with van der Waals surface area (Å²) in [5.74, 6) is -1.08. The highest BCUT2D eigenvalue weighted by Gasteiger charge is 2.53. The molecule has 1 aliphatic carbocycles. The van der Waals surface area contributed by atoms with Gasteiger partial charge in [-0.1, -0.05) is 36.4 Å². The number of rotatable bonds is 3. The maximum atomic E-state index is 12.2. The normalized spacial score (nSPS) is 18.8. The van der Waals surface area contributed by atoms with Gasteiger partial charge in [-0.25, -0.2) is 0 Å². The SMILES string of the molecule is COC(=O)C1(C(=O)OC)CCC/C1=C\c1ccccc1. The predicted octanol–water partition coefficient (Wildman–Crippen LogP) is 2.59. The zero-order chi connectivity index (χ0) is 14.6. The number of hydrogen-bond acceptors (Lipinski definition) is 4. The Labute approximate surface area is 118 Å². The Bertz CT molecular complexity index is 515. The van der Waals surface area contributed by atoms with Gasteiger partial charge in [0.1, 0.15) is 0 Å². The number of benzene rings is 1. The maximum absolute atomic E-state index is 12.2. The van der Waals surface area contributed by atoms with E-state index in [1.165, 1.54) is 14.2 Å². The van der Waals surface area contributed by atoms with Crippen LogP contribution in [0.3, 0.4) is 0 Å². The summed E-state index contributed by atoms with van der Waals surface area (Å²) in [6.07, 6.45) is 3.79. The number of methoxy groups -OCH3 is 2. The van der Waals surface area contributed by atoms with Crippen molar-refractivity contribution in [3.63, 3.8) is 0 Å². The molecule has 0 heterocycles. The fourth-order valence-electron chi connectivity index (χ4n) is 2.76. The molecule has 4 nitrogen and oxygen atoms in total. The van der Waals surface area contributed by atoms with Crippen LogP contribution in [0.25, 0.3) is 6.08 Å². The standard InChI is InChI=1S/C16H18O4/c1-19-14(17)16(15(18)20-2)10-6-9-13(16)11-12-7-4-3-5-8-12/h3-5,7-8,11H,6,9-10H2,1-2H3/b13-11+. The molecule has 2 rings (SSSR count). The summed E-state index contributed by atoms with van der Waals surface area (Å²) in [5.41, 5.74) is 0.447. The van der Waals surface area contributed by atoms with Gasteiger partial charge >= 0.3 is 11.9 Å². The molecule has 20 heavy (non-hydrogen) atoms.